The fraction of sp³-hybridized carbons (Fsp3) is 0.0645. The molecule has 39 heavy (non-hydrogen) atoms. The minimum absolute atomic E-state index is 0.137. The lowest BCUT2D eigenvalue weighted by Gasteiger charge is -2.10. The summed E-state index contributed by atoms with van der Waals surface area (Å²) in [6, 6.07) is 24.4. The molecule has 5 rings (SSSR count). The largest absolute Gasteiger partial charge is 0.496 e. The number of ether oxygens (including phenoxy) is 1. The molecule has 0 aliphatic rings. The van der Waals surface area contributed by atoms with Gasteiger partial charge in [0.2, 0.25) is 11.8 Å². The van der Waals surface area contributed by atoms with Gasteiger partial charge in [-0.2, -0.15) is 0 Å². The highest BCUT2D eigenvalue weighted by Gasteiger charge is 2.13. The Balaban J connectivity index is 1.29. The normalized spacial score (nSPS) is 11.4. The molecule has 0 atom stereocenters. The quantitative estimate of drug-likeness (QED) is 0.232. The van der Waals surface area contributed by atoms with Crippen LogP contribution in [0.3, 0.4) is 0 Å². The Labute approximate surface area is 224 Å². The van der Waals surface area contributed by atoms with Crippen LogP contribution in [0.4, 0.5) is 10.2 Å². The summed E-state index contributed by atoms with van der Waals surface area (Å²) in [6.45, 7) is 0. The highest BCUT2D eigenvalue weighted by molar-refractivity contribution is 6.24. The summed E-state index contributed by atoms with van der Waals surface area (Å²) in [4.78, 5) is 32.4. The number of halogens is 1. The van der Waals surface area contributed by atoms with E-state index in [1.165, 1.54) is 19.2 Å². The van der Waals surface area contributed by atoms with E-state index in [-0.39, 0.29) is 18.1 Å². The van der Waals surface area contributed by atoms with Gasteiger partial charge in [-0.1, -0.05) is 54.6 Å². The van der Waals surface area contributed by atoms with Gasteiger partial charge in [0.1, 0.15) is 23.0 Å². The Bertz CT molecular complexity index is 1690. The summed E-state index contributed by atoms with van der Waals surface area (Å²) in [5.41, 5.74) is 10.3. The molecule has 0 aliphatic carbocycles. The zero-order chi connectivity index (χ0) is 27.4. The van der Waals surface area contributed by atoms with E-state index in [0.29, 0.717) is 28.4 Å². The molecule has 8 heteroatoms. The number of carbonyl (C=O) groups excluding carboxylic acids is 2. The van der Waals surface area contributed by atoms with E-state index in [4.69, 9.17) is 10.5 Å². The third-order valence-electron chi connectivity index (χ3n) is 6.28. The van der Waals surface area contributed by atoms with E-state index in [0.717, 1.165) is 27.6 Å². The van der Waals surface area contributed by atoms with E-state index >= 15 is 0 Å². The fourth-order valence-electron chi connectivity index (χ4n) is 4.37. The topological polar surface area (TPSA) is 110 Å². The minimum atomic E-state index is -0.532. The molecule has 0 fully saturated rings. The van der Waals surface area contributed by atoms with Gasteiger partial charge < -0.3 is 20.8 Å². The third kappa shape index (κ3) is 5.70. The number of primary amides is 1. The van der Waals surface area contributed by atoms with Crippen molar-refractivity contribution in [1.29, 1.82) is 0 Å². The molecule has 2 amide bonds. The lowest BCUT2D eigenvalue weighted by molar-refractivity contribution is -0.115. The number of pyridine rings is 1. The van der Waals surface area contributed by atoms with Gasteiger partial charge in [-0.05, 0) is 53.1 Å². The van der Waals surface area contributed by atoms with Gasteiger partial charge in [0.05, 0.1) is 13.5 Å². The molecule has 0 radical (unpaired) electrons. The van der Waals surface area contributed by atoms with Crippen molar-refractivity contribution in [3.05, 3.63) is 114 Å². The number of hydrogen-bond acceptors (Lipinski definition) is 4. The minimum Gasteiger partial charge on any atom is -0.496 e. The van der Waals surface area contributed by atoms with Gasteiger partial charge in [0, 0.05) is 28.3 Å². The number of benzene rings is 3. The van der Waals surface area contributed by atoms with E-state index in [1.54, 1.807) is 24.4 Å². The van der Waals surface area contributed by atoms with Crippen molar-refractivity contribution in [1.82, 2.24) is 9.97 Å². The molecule has 0 saturated carbocycles. The van der Waals surface area contributed by atoms with Gasteiger partial charge in [-0.25, -0.2) is 9.37 Å². The summed E-state index contributed by atoms with van der Waals surface area (Å²) < 4.78 is 19.1. The first-order valence-electron chi connectivity index (χ1n) is 12.2. The van der Waals surface area contributed by atoms with Crippen molar-refractivity contribution >= 4 is 40.3 Å². The van der Waals surface area contributed by atoms with Crippen LogP contribution in [0.2, 0.25) is 0 Å². The molecule has 7 nitrogen and oxygen atoms in total. The Morgan fingerprint density at radius 3 is 2.51 bits per heavy atom. The Morgan fingerprint density at radius 1 is 1.03 bits per heavy atom. The predicted molar refractivity (Wildman–Crippen MR) is 150 cm³/mol. The predicted octanol–water partition coefficient (Wildman–Crippen LogP) is 5.58. The third-order valence-corrected chi connectivity index (χ3v) is 6.28. The van der Waals surface area contributed by atoms with Crippen LogP contribution in [0.1, 0.15) is 16.7 Å². The number of aromatic amines is 1. The number of rotatable bonds is 8. The van der Waals surface area contributed by atoms with E-state index in [9.17, 15) is 14.0 Å². The van der Waals surface area contributed by atoms with Crippen LogP contribution in [0.15, 0.2) is 91.1 Å². The zero-order valence-corrected chi connectivity index (χ0v) is 21.1. The maximum Gasteiger partial charge on any atom is 0.249 e. The number of methoxy groups -OCH3 is 1. The van der Waals surface area contributed by atoms with E-state index in [2.05, 4.69) is 15.3 Å². The van der Waals surface area contributed by atoms with Gasteiger partial charge in [0.15, 0.2) is 0 Å². The van der Waals surface area contributed by atoms with Gasteiger partial charge in [0.25, 0.3) is 0 Å². The number of nitrogens with two attached hydrogens (primary N) is 1. The number of H-pyrrole nitrogens is 1. The van der Waals surface area contributed by atoms with E-state index in [1.807, 2.05) is 60.7 Å². The monoisotopic (exact) mass is 520 g/mol. The number of aromatic nitrogens is 2. The number of anilines is 1. The highest BCUT2D eigenvalue weighted by Crippen LogP contribution is 2.31. The summed E-state index contributed by atoms with van der Waals surface area (Å²) in [7, 11) is 1.54. The number of carbonyl (C=O) groups is 2. The molecule has 0 unspecified atom stereocenters. The smallest absolute Gasteiger partial charge is 0.249 e. The maximum absolute atomic E-state index is 13.7. The van der Waals surface area contributed by atoms with Crippen molar-refractivity contribution in [2.75, 3.05) is 12.4 Å². The second kappa shape index (κ2) is 11.0. The van der Waals surface area contributed by atoms with Crippen molar-refractivity contribution in [3.63, 3.8) is 0 Å². The molecule has 0 bridgehead atoms. The maximum atomic E-state index is 13.7. The Hall–Kier alpha value is -5.24. The summed E-state index contributed by atoms with van der Waals surface area (Å²) in [5, 5.41) is 3.60. The van der Waals surface area contributed by atoms with Crippen molar-refractivity contribution < 1.29 is 18.7 Å². The average molecular weight is 521 g/mol. The molecule has 0 aliphatic heterocycles. The second-order valence-corrected chi connectivity index (χ2v) is 8.89. The van der Waals surface area contributed by atoms with Crippen LogP contribution >= 0.6 is 0 Å². The lowest BCUT2D eigenvalue weighted by atomic mass is 10.0. The summed E-state index contributed by atoms with van der Waals surface area (Å²) in [5.74, 6) is -0.157. The van der Waals surface area contributed by atoms with Gasteiger partial charge in [-0.15, -0.1) is 0 Å². The first kappa shape index (κ1) is 25.4. The van der Waals surface area contributed by atoms with E-state index < -0.39 is 5.91 Å². The molecule has 0 spiro atoms. The van der Waals surface area contributed by atoms with Crippen LogP contribution in [-0.4, -0.2) is 28.9 Å². The molecule has 0 saturated heterocycles. The van der Waals surface area contributed by atoms with Gasteiger partial charge in [-0.3, -0.25) is 9.59 Å². The van der Waals surface area contributed by atoms with Crippen LogP contribution in [0.5, 0.6) is 5.75 Å². The van der Waals surface area contributed by atoms with Crippen LogP contribution in [-0.2, 0) is 16.0 Å². The first-order valence-corrected chi connectivity index (χ1v) is 12.2. The number of amides is 2. The van der Waals surface area contributed by atoms with Crippen molar-refractivity contribution in [2.45, 2.75) is 6.42 Å². The molecule has 4 N–H and O–H groups in total. The Kier molecular flexibility index (Phi) is 7.18. The summed E-state index contributed by atoms with van der Waals surface area (Å²) >= 11 is 0. The molecular formula is C31H25FN4O3. The molecule has 2 aromatic heterocycles. The van der Waals surface area contributed by atoms with Crippen LogP contribution < -0.4 is 15.8 Å². The zero-order valence-electron chi connectivity index (χ0n) is 21.1. The van der Waals surface area contributed by atoms with Crippen LogP contribution in [0.25, 0.3) is 33.8 Å². The van der Waals surface area contributed by atoms with Crippen LogP contribution in [0, 0.1) is 5.82 Å². The first-order chi connectivity index (χ1) is 18.9. The van der Waals surface area contributed by atoms with Gasteiger partial charge >= 0.3 is 0 Å². The molecular weight excluding hydrogens is 495 g/mol. The number of nitrogens with zero attached hydrogens (tertiary/aromatic N) is 1. The van der Waals surface area contributed by atoms with Crippen molar-refractivity contribution in [3.8, 4) is 16.9 Å². The second-order valence-electron chi connectivity index (χ2n) is 8.89. The fourth-order valence-corrected chi connectivity index (χ4v) is 4.37. The number of nitrogens with one attached hydrogen (secondary N) is 2. The molecule has 194 valence electrons. The standard InChI is InChI=1S/C31H25FN4O3/c1-39-27-13-11-23(32)17-25(27)21-9-7-19(8-10-21)15-29(37)35-28-14-12-24-22(18-34-31(24)36-28)16-26(30(33)38)20-5-3-2-4-6-20/h2-14,16-18H,15H2,1H3,(H2,33,38)(H2,34,35,36,37)/b26-16+. The SMILES string of the molecule is COc1ccc(F)cc1-c1ccc(CC(=O)Nc2ccc3c(/C=C(/C(N)=O)c4ccccc4)c[nH]c3n2)cc1. The Morgan fingerprint density at radius 2 is 1.79 bits per heavy atom. The highest BCUT2D eigenvalue weighted by atomic mass is 19.1. The number of fused-ring (bicyclic) bond motifs is 1. The number of hydrogen-bond donors (Lipinski definition) is 3. The summed E-state index contributed by atoms with van der Waals surface area (Å²) in [6.07, 6.45) is 3.60. The average Bonchev–Trinajstić information content (AvgIpc) is 3.34. The molecule has 2 heterocycles. The van der Waals surface area contributed by atoms with Crippen molar-refractivity contribution in [2.24, 2.45) is 5.73 Å². The molecule has 3 aromatic carbocycles. The molecule has 5 aromatic rings. The lowest BCUT2D eigenvalue weighted by Crippen LogP contribution is -2.15.